The van der Waals surface area contributed by atoms with Crippen LogP contribution in [-0.4, -0.2) is 58.8 Å². The summed E-state index contributed by atoms with van der Waals surface area (Å²) in [7, 11) is 3.34. The molecule has 2 aromatic heterocycles. The number of morpholine rings is 1. The van der Waals surface area contributed by atoms with Crippen LogP contribution < -0.4 is 14.8 Å². The lowest BCUT2D eigenvalue weighted by Gasteiger charge is -2.33. The van der Waals surface area contributed by atoms with E-state index in [1.54, 1.807) is 45.1 Å². The first-order valence-corrected chi connectivity index (χ1v) is 9.66. The number of hydrogen-bond acceptors (Lipinski definition) is 9. The predicted octanol–water partition coefficient (Wildman–Crippen LogP) is 2.60. The molecule has 1 aliphatic rings. The van der Waals surface area contributed by atoms with Gasteiger partial charge in [-0.15, -0.1) is 0 Å². The Morgan fingerprint density at radius 2 is 1.87 bits per heavy atom. The minimum Gasteiger partial charge on any atom is -0.496 e. The molecule has 0 amide bonds. The molecule has 0 saturated carbocycles. The van der Waals surface area contributed by atoms with Gasteiger partial charge in [0.05, 0.1) is 44.5 Å². The summed E-state index contributed by atoms with van der Waals surface area (Å²) in [5.74, 6) is 2.67. The molecule has 3 aromatic rings. The van der Waals surface area contributed by atoms with Gasteiger partial charge in [-0.25, -0.2) is 15.0 Å². The van der Waals surface area contributed by atoms with Gasteiger partial charge in [-0.2, -0.15) is 0 Å². The van der Waals surface area contributed by atoms with Gasteiger partial charge in [0.1, 0.15) is 17.6 Å². The fourth-order valence-corrected chi connectivity index (χ4v) is 3.41. The number of methoxy groups -OCH3 is 2. The number of rotatable bonds is 7. The van der Waals surface area contributed by atoms with Gasteiger partial charge in [-0.3, -0.25) is 9.88 Å². The molecule has 0 unspecified atom stereocenters. The summed E-state index contributed by atoms with van der Waals surface area (Å²) in [6.07, 6.45) is 6.52. The Labute approximate surface area is 175 Å². The van der Waals surface area contributed by atoms with Crippen molar-refractivity contribution in [1.82, 2.24) is 24.8 Å². The van der Waals surface area contributed by atoms with E-state index in [2.05, 4.69) is 30.2 Å². The van der Waals surface area contributed by atoms with Crippen LogP contribution in [0.5, 0.6) is 11.5 Å². The van der Waals surface area contributed by atoms with Crippen LogP contribution in [0.2, 0.25) is 0 Å². The first-order valence-electron chi connectivity index (χ1n) is 9.66. The summed E-state index contributed by atoms with van der Waals surface area (Å²) in [6.45, 7) is 2.78. The largest absolute Gasteiger partial charge is 0.496 e. The molecule has 30 heavy (non-hydrogen) atoms. The summed E-state index contributed by atoms with van der Waals surface area (Å²) < 4.78 is 17.1. The highest BCUT2D eigenvalue weighted by atomic mass is 16.5. The predicted molar refractivity (Wildman–Crippen MR) is 111 cm³/mol. The van der Waals surface area contributed by atoms with E-state index in [0.717, 1.165) is 29.3 Å². The van der Waals surface area contributed by atoms with Crippen LogP contribution in [0.1, 0.15) is 17.4 Å². The normalized spacial score (nSPS) is 16.8. The molecule has 1 aliphatic heterocycles. The lowest BCUT2D eigenvalue weighted by molar-refractivity contribution is -0.0354. The average Bonchev–Trinajstić information content (AvgIpc) is 2.80. The Hall–Kier alpha value is -3.30. The van der Waals surface area contributed by atoms with Crippen LogP contribution in [0.3, 0.4) is 0 Å². The van der Waals surface area contributed by atoms with Crippen molar-refractivity contribution < 1.29 is 14.2 Å². The van der Waals surface area contributed by atoms with Crippen LogP contribution in [0.15, 0.2) is 49.1 Å². The Morgan fingerprint density at radius 1 is 1.10 bits per heavy atom. The van der Waals surface area contributed by atoms with Crippen LogP contribution in [0.25, 0.3) is 0 Å². The Kier molecular flexibility index (Phi) is 6.31. The smallest absolute Gasteiger partial charge is 0.228 e. The maximum Gasteiger partial charge on any atom is 0.228 e. The van der Waals surface area contributed by atoms with Gasteiger partial charge in [0, 0.05) is 32.0 Å². The molecule has 0 aliphatic carbocycles. The van der Waals surface area contributed by atoms with E-state index in [-0.39, 0.29) is 6.10 Å². The second-order valence-electron chi connectivity index (χ2n) is 6.76. The number of ether oxygens (including phenoxy) is 3. The van der Waals surface area contributed by atoms with E-state index in [1.807, 2.05) is 18.2 Å². The zero-order chi connectivity index (χ0) is 20.8. The van der Waals surface area contributed by atoms with Crippen molar-refractivity contribution in [1.29, 1.82) is 0 Å². The maximum atomic E-state index is 5.98. The van der Waals surface area contributed by atoms with Crippen molar-refractivity contribution in [3.05, 3.63) is 60.3 Å². The van der Waals surface area contributed by atoms with Crippen LogP contribution in [0.4, 0.5) is 11.8 Å². The van der Waals surface area contributed by atoms with E-state index < -0.39 is 0 Å². The van der Waals surface area contributed by atoms with Crippen molar-refractivity contribution in [2.24, 2.45) is 0 Å². The fourth-order valence-electron chi connectivity index (χ4n) is 3.41. The highest BCUT2D eigenvalue weighted by molar-refractivity contribution is 5.46. The molecule has 1 aromatic carbocycles. The highest BCUT2D eigenvalue weighted by Gasteiger charge is 2.25. The molecule has 4 rings (SSSR count). The van der Waals surface area contributed by atoms with E-state index >= 15 is 0 Å². The van der Waals surface area contributed by atoms with Crippen molar-refractivity contribution in [2.75, 3.05) is 39.2 Å². The lowest BCUT2D eigenvalue weighted by atomic mass is 10.1. The number of hydrogen-bond donors (Lipinski definition) is 1. The number of benzene rings is 1. The zero-order valence-electron chi connectivity index (χ0n) is 17.0. The number of aromatic nitrogens is 4. The van der Waals surface area contributed by atoms with E-state index in [9.17, 15) is 0 Å². The van der Waals surface area contributed by atoms with Crippen LogP contribution in [-0.2, 0) is 11.3 Å². The minimum absolute atomic E-state index is 0.189. The SMILES string of the molecule is COc1cccc(OC)c1CN1CCO[C@H](c2cncc(Nc3ncccn3)n2)C1. The molecule has 1 N–H and O–H groups in total. The van der Waals surface area contributed by atoms with Gasteiger partial charge in [0.15, 0.2) is 5.82 Å². The van der Waals surface area contributed by atoms with E-state index in [1.165, 1.54) is 0 Å². The third-order valence-corrected chi connectivity index (χ3v) is 4.85. The second-order valence-corrected chi connectivity index (χ2v) is 6.76. The lowest BCUT2D eigenvalue weighted by Crippen LogP contribution is -2.38. The number of anilines is 2. The van der Waals surface area contributed by atoms with Gasteiger partial charge >= 0.3 is 0 Å². The molecular formula is C21H24N6O3. The zero-order valence-corrected chi connectivity index (χ0v) is 17.0. The molecule has 1 saturated heterocycles. The van der Waals surface area contributed by atoms with Crippen molar-refractivity contribution >= 4 is 11.8 Å². The molecule has 0 spiro atoms. The van der Waals surface area contributed by atoms with Crippen LogP contribution >= 0.6 is 0 Å². The minimum atomic E-state index is -0.189. The van der Waals surface area contributed by atoms with Crippen LogP contribution in [0, 0.1) is 0 Å². The van der Waals surface area contributed by atoms with Crippen molar-refractivity contribution in [3.63, 3.8) is 0 Å². The summed E-state index contributed by atoms with van der Waals surface area (Å²) in [4.78, 5) is 19.6. The average molecular weight is 408 g/mol. The first kappa shape index (κ1) is 20.0. The molecule has 9 nitrogen and oxygen atoms in total. The number of nitrogens with zero attached hydrogens (tertiary/aromatic N) is 5. The topological polar surface area (TPSA) is 94.5 Å². The molecule has 0 bridgehead atoms. The molecule has 3 heterocycles. The molecular weight excluding hydrogens is 384 g/mol. The standard InChI is InChI=1S/C21H24N6O3/c1-28-17-5-3-6-18(29-2)15(17)13-27-9-10-30-19(14-27)16-11-22-12-20(25-16)26-21-23-7-4-8-24-21/h3-8,11-12,19H,9-10,13-14H2,1-2H3,(H,23,24,25,26)/t19-/m0/s1. The summed E-state index contributed by atoms with van der Waals surface area (Å²) in [6, 6.07) is 7.58. The van der Waals surface area contributed by atoms with E-state index in [0.29, 0.717) is 31.5 Å². The quantitative estimate of drug-likeness (QED) is 0.633. The maximum absolute atomic E-state index is 5.98. The summed E-state index contributed by atoms with van der Waals surface area (Å²) in [5.41, 5.74) is 1.78. The van der Waals surface area contributed by atoms with Crippen molar-refractivity contribution in [3.8, 4) is 11.5 Å². The molecule has 9 heteroatoms. The summed E-state index contributed by atoms with van der Waals surface area (Å²) in [5, 5.41) is 3.07. The monoisotopic (exact) mass is 408 g/mol. The van der Waals surface area contributed by atoms with Crippen molar-refractivity contribution in [2.45, 2.75) is 12.6 Å². The third-order valence-electron chi connectivity index (χ3n) is 4.85. The van der Waals surface area contributed by atoms with Gasteiger partial charge in [-0.1, -0.05) is 6.07 Å². The highest BCUT2D eigenvalue weighted by Crippen LogP contribution is 2.31. The number of nitrogens with one attached hydrogen (secondary N) is 1. The third kappa shape index (κ3) is 4.64. The van der Waals surface area contributed by atoms with Gasteiger partial charge in [0.25, 0.3) is 0 Å². The molecule has 1 fully saturated rings. The Balaban J connectivity index is 1.48. The van der Waals surface area contributed by atoms with Gasteiger partial charge in [-0.05, 0) is 18.2 Å². The molecule has 156 valence electrons. The fraction of sp³-hybridized carbons (Fsp3) is 0.333. The molecule has 1 atom stereocenters. The Bertz CT molecular complexity index is 950. The van der Waals surface area contributed by atoms with E-state index in [4.69, 9.17) is 14.2 Å². The molecule has 0 radical (unpaired) electrons. The van der Waals surface area contributed by atoms with Gasteiger partial charge in [0.2, 0.25) is 5.95 Å². The Morgan fingerprint density at radius 3 is 2.60 bits per heavy atom. The first-order chi connectivity index (χ1) is 14.8. The summed E-state index contributed by atoms with van der Waals surface area (Å²) >= 11 is 0. The van der Waals surface area contributed by atoms with Gasteiger partial charge < -0.3 is 19.5 Å². The second kappa shape index (κ2) is 9.47.